The third-order valence-corrected chi connectivity index (χ3v) is 16.6. The first-order valence-corrected chi connectivity index (χ1v) is 13.2. The molecule has 0 saturated heterocycles. The van der Waals surface area contributed by atoms with Gasteiger partial charge in [0, 0.05) is 0 Å². The van der Waals surface area contributed by atoms with Gasteiger partial charge in [0.15, 0.2) is 0 Å². The summed E-state index contributed by atoms with van der Waals surface area (Å²) in [5, 5.41) is 4.60. The fourth-order valence-electron chi connectivity index (χ4n) is 3.43. The Bertz CT molecular complexity index is 610. The first kappa shape index (κ1) is 15.0. The predicted molar refractivity (Wildman–Crippen MR) is 101 cm³/mol. The van der Waals surface area contributed by atoms with Gasteiger partial charge in [-0.15, -0.1) is 0 Å². The summed E-state index contributed by atoms with van der Waals surface area (Å²) in [4.78, 5) is 0. The molecule has 0 fully saturated rings. The minimum Gasteiger partial charge on any atom is -0.0724 e. The minimum absolute atomic E-state index is 0.550. The second kappa shape index (κ2) is 6.47. The van der Waals surface area contributed by atoms with Crippen molar-refractivity contribution in [1.29, 1.82) is 0 Å². The Morgan fingerprint density at radius 3 is 1.00 bits per heavy atom. The number of hydrogen-bond donors (Lipinski definition) is 0. The lowest BCUT2D eigenvalue weighted by Crippen LogP contribution is -2.74. The third kappa shape index (κ3) is 2.49. The topological polar surface area (TPSA) is 0 Å². The van der Waals surface area contributed by atoms with Crippen molar-refractivity contribution < 1.29 is 0 Å². The highest BCUT2D eigenvalue weighted by Crippen LogP contribution is 2.11. The van der Waals surface area contributed by atoms with Crippen LogP contribution in [0.15, 0.2) is 91.0 Å². The summed E-state index contributed by atoms with van der Waals surface area (Å²) in [6, 6.07) is 33.5. The highest BCUT2D eigenvalue weighted by molar-refractivity contribution is 7.49. The van der Waals surface area contributed by atoms with Crippen molar-refractivity contribution >= 4 is 31.5 Å². The van der Waals surface area contributed by atoms with Gasteiger partial charge < -0.3 is 0 Å². The zero-order valence-corrected chi connectivity index (χ0v) is 15.2. The molecule has 0 N–H and O–H groups in total. The predicted octanol–water partition coefficient (Wildman–Crippen LogP) is 2.99. The van der Waals surface area contributed by atoms with E-state index >= 15 is 0 Å². The average molecular weight is 318 g/mol. The molecule has 0 atom stereocenters. The molecule has 109 valence electrons. The van der Waals surface area contributed by atoms with E-state index in [4.69, 9.17) is 0 Å². The van der Waals surface area contributed by atoms with Gasteiger partial charge in [0.2, 0.25) is 0 Å². The molecule has 22 heavy (non-hydrogen) atoms. The Kier molecular flexibility index (Phi) is 4.41. The summed E-state index contributed by atoms with van der Waals surface area (Å²) in [5.74, 6) is 0. The SMILES string of the molecule is C[Si](C)[Si](c1ccccc1)(c1ccccc1)c1ccccc1. The molecule has 0 spiro atoms. The summed E-state index contributed by atoms with van der Waals surface area (Å²) in [5.41, 5.74) is 0. The van der Waals surface area contributed by atoms with Crippen molar-refractivity contribution in [3.63, 3.8) is 0 Å². The van der Waals surface area contributed by atoms with Crippen LogP contribution in [0.3, 0.4) is 0 Å². The molecule has 0 unspecified atom stereocenters. The summed E-state index contributed by atoms with van der Waals surface area (Å²) in [6.07, 6.45) is 0. The molecule has 3 aromatic rings. The maximum absolute atomic E-state index is 2.48. The van der Waals surface area contributed by atoms with Crippen LogP contribution in [0.2, 0.25) is 13.1 Å². The molecule has 0 bridgehead atoms. The van der Waals surface area contributed by atoms with Crippen LogP contribution in [-0.4, -0.2) is 15.9 Å². The lowest BCUT2D eigenvalue weighted by molar-refractivity contribution is 1.69. The molecule has 0 saturated carbocycles. The normalized spacial score (nSPS) is 11.6. The van der Waals surface area contributed by atoms with Gasteiger partial charge in [-0.25, -0.2) is 0 Å². The quantitative estimate of drug-likeness (QED) is 0.513. The van der Waals surface area contributed by atoms with Crippen molar-refractivity contribution in [2.45, 2.75) is 13.1 Å². The molecule has 0 aliphatic carbocycles. The smallest absolute Gasteiger partial charge is 0.0724 e. The first-order valence-electron chi connectivity index (χ1n) is 7.73. The lowest BCUT2D eigenvalue weighted by Gasteiger charge is -2.36. The summed E-state index contributed by atoms with van der Waals surface area (Å²) in [6.45, 7) is 4.95. The van der Waals surface area contributed by atoms with E-state index in [2.05, 4.69) is 104 Å². The first-order chi connectivity index (χ1) is 10.8. The molecule has 0 aliphatic heterocycles. The highest BCUT2D eigenvalue weighted by atomic mass is 29.2. The van der Waals surface area contributed by atoms with E-state index in [1.165, 1.54) is 15.6 Å². The Morgan fingerprint density at radius 1 is 0.500 bits per heavy atom. The molecule has 3 aromatic carbocycles. The molecule has 0 aromatic heterocycles. The molecular weight excluding hydrogens is 296 g/mol. The number of hydrogen-bond acceptors (Lipinski definition) is 0. The van der Waals surface area contributed by atoms with E-state index in [9.17, 15) is 0 Å². The van der Waals surface area contributed by atoms with Crippen molar-refractivity contribution in [3.05, 3.63) is 91.0 Å². The standard InChI is InChI=1S/C20H21Si2/c1-21(2)22(18-12-6-3-7-13-18,19-14-8-4-9-15-19)20-16-10-5-11-17-20/h3-17H,1-2H3. The largest absolute Gasteiger partial charge is 0.136 e. The molecule has 0 nitrogen and oxygen atoms in total. The summed E-state index contributed by atoms with van der Waals surface area (Å²) >= 11 is 0. The van der Waals surface area contributed by atoms with Crippen molar-refractivity contribution in [2.75, 3.05) is 0 Å². The van der Waals surface area contributed by atoms with Crippen molar-refractivity contribution in [1.82, 2.24) is 0 Å². The molecule has 0 aliphatic rings. The highest BCUT2D eigenvalue weighted by Gasteiger charge is 2.42. The second-order valence-corrected chi connectivity index (χ2v) is 16.3. The van der Waals surface area contributed by atoms with Crippen molar-refractivity contribution in [2.24, 2.45) is 0 Å². The molecule has 2 heteroatoms. The van der Waals surface area contributed by atoms with E-state index in [-0.39, 0.29) is 0 Å². The minimum atomic E-state index is -1.90. The van der Waals surface area contributed by atoms with E-state index < -0.39 is 15.9 Å². The maximum Gasteiger partial charge on any atom is 0.136 e. The molecule has 0 amide bonds. The summed E-state index contributed by atoms with van der Waals surface area (Å²) < 4.78 is 0. The number of rotatable bonds is 4. The van der Waals surface area contributed by atoms with Gasteiger partial charge in [0.25, 0.3) is 0 Å². The Morgan fingerprint density at radius 2 is 0.773 bits per heavy atom. The van der Waals surface area contributed by atoms with E-state index in [0.717, 1.165) is 0 Å². The van der Waals surface area contributed by atoms with Crippen LogP contribution >= 0.6 is 0 Å². The van der Waals surface area contributed by atoms with Gasteiger partial charge in [-0.05, 0) is 0 Å². The third-order valence-electron chi connectivity index (χ3n) is 4.37. The van der Waals surface area contributed by atoms with Gasteiger partial charge in [-0.2, -0.15) is 0 Å². The average Bonchev–Trinajstić information content (AvgIpc) is 2.58. The van der Waals surface area contributed by atoms with Crippen LogP contribution in [0.5, 0.6) is 0 Å². The van der Waals surface area contributed by atoms with Gasteiger partial charge in [0.1, 0.15) is 7.59 Å². The number of benzene rings is 3. The van der Waals surface area contributed by atoms with E-state index in [1.807, 2.05) is 0 Å². The molecule has 0 heterocycles. The zero-order valence-electron chi connectivity index (χ0n) is 13.2. The van der Waals surface area contributed by atoms with Crippen LogP contribution in [-0.2, 0) is 0 Å². The van der Waals surface area contributed by atoms with E-state index in [0.29, 0.717) is 0 Å². The van der Waals surface area contributed by atoms with Gasteiger partial charge >= 0.3 is 0 Å². The second-order valence-electron chi connectivity index (χ2n) is 5.85. The molecule has 3 rings (SSSR count). The van der Waals surface area contributed by atoms with Crippen molar-refractivity contribution in [3.8, 4) is 0 Å². The van der Waals surface area contributed by atoms with Crippen LogP contribution < -0.4 is 15.6 Å². The zero-order chi connectivity index (χ0) is 15.4. The molecular formula is C20H21Si2. The summed E-state index contributed by atoms with van der Waals surface area (Å²) in [7, 11) is -2.45. The Hall–Kier alpha value is -1.91. The Balaban J connectivity index is 2.34. The van der Waals surface area contributed by atoms with Crippen LogP contribution in [0.1, 0.15) is 0 Å². The molecule has 1 radical (unpaired) electrons. The van der Waals surface area contributed by atoms with Gasteiger partial charge in [-0.1, -0.05) is 120 Å². The monoisotopic (exact) mass is 317 g/mol. The lowest BCUT2D eigenvalue weighted by atomic mass is 10.3. The fourth-order valence-corrected chi connectivity index (χ4v) is 14.9. The van der Waals surface area contributed by atoms with Gasteiger partial charge in [-0.3, -0.25) is 0 Å². The van der Waals surface area contributed by atoms with Gasteiger partial charge in [0.05, 0.1) is 8.31 Å². The Labute approximate surface area is 135 Å². The van der Waals surface area contributed by atoms with Crippen LogP contribution in [0.4, 0.5) is 0 Å². The maximum atomic E-state index is 2.48. The van der Waals surface area contributed by atoms with Crippen LogP contribution in [0.25, 0.3) is 0 Å². The van der Waals surface area contributed by atoms with Crippen LogP contribution in [0, 0.1) is 0 Å². The fraction of sp³-hybridized carbons (Fsp3) is 0.100. The van der Waals surface area contributed by atoms with E-state index in [1.54, 1.807) is 0 Å².